The average Bonchev–Trinajstić information content (AvgIpc) is 3.21. The fourth-order valence-corrected chi connectivity index (χ4v) is 2.51. The van der Waals surface area contributed by atoms with Crippen molar-refractivity contribution in [3.63, 3.8) is 0 Å². The minimum absolute atomic E-state index is 0.702. The Labute approximate surface area is 121 Å². The van der Waals surface area contributed by atoms with Crippen molar-refractivity contribution in [3.05, 3.63) is 46.2 Å². The van der Waals surface area contributed by atoms with Gasteiger partial charge in [0.1, 0.15) is 0 Å². The predicted molar refractivity (Wildman–Crippen MR) is 79.8 cm³/mol. The van der Waals surface area contributed by atoms with Gasteiger partial charge in [-0.15, -0.1) is 0 Å². The van der Waals surface area contributed by atoms with Gasteiger partial charge in [-0.2, -0.15) is 0 Å². The predicted octanol–water partition coefficient (Wildman–Crippen LogP) is 3.47. The molecule has 19 heavy (non-hydrogen) atoms. The summed E-state index contributed by atoms with van der Waals surface area (Å²) < 4.78 is 1.08. The van der Waals surface area contributed by atoms with Crippen LogP contribution in [-0.2, 0) is 6.54 Å². The van der Waals surface area contributed by atoms with Gasteiger partial charge in [0.05, 0.1) is 5.69 Å². The molecule has 0 spiro atoms. The number of hydrogen-bond acceptors (Lipinski definition) is 3. The number of aromatic nitrogens is 2. The van der Waals surface area contributed by atoms with Gasteiger partial charge in [-0.1, -0.05) is 15.9 Å². The van der Waals surface area contributed by atoms with Crippen LogP contribution in [0.4, 0.5) is 0 Å². The van der Waals surface area contributed by atoms with Crippen molar-refractivity contribution in [3.8, 4) is 11.4 Å². The van der Waals surface area contributed by atoms with E-state index in [1.165, 1.54) is 18.4 Å². The van der Waals surface area contributed by atoms with Crippen LogP contribution in [0.2, 0.25) is 0 Å². The third kappa shape index (κ3) is 3.19. The maximum atomic E-state index is 4.64. The molecule has 1 fully saturated rings. The molecular formula is C15H16BrN3. The van der Waals surface area contributed by atoms with E-state index in [1.807, 2.05) is 18.3 Å². The molecule has 1 N–H and O–H groups in total. The number of hydrogen-bond donors (Lipinski definition) is 1. The van der Waals surface area contributed by atoms with Crippen LogP contribution in [-0.4, -0.2) is 16.0 Å². The Balaban J connectivity index is 1.84. The average molecular weight is 318 g/mol. The first kappa shape index (κ1) is 12.8. The van der Waals surface area contributed by atoms with Gasteiger partial charge in [0.2, 0.25) is 0 Å². The van der Waals surface area contributed by atoms with Gasteiger partial charge in [0.15, 0.2) is 5.82 Å². The normalized spacial score (nSPS) is 14.6. The van der Waals surface area contributed by atoms with Crippen LogP contribution < -0.4 is 5.32 Å². The van der Waals surface area contributed by atoms with Gasteiger partial charge in [-0.05, 0) is 49.6 Å². The first-order chi connectivity index (χ1) is 9.22. The molecule has 1 saturated carbocycles. The maximum absolute atomic E-state index is 4.64. The summed E-state index contributed by atoms with van der Waals surface area (Å²) in [5.74, 6) is 0.806. The summed E-state index contributed by atoms with van der Waals surface area (Å²) >= 11 is 3.48. The van der Waals surface area contributed by atoms with Gasteiger partial charge < -0.3 is 5.32 Å². The maximum Gasteiger partial charge on any atom is 0.159 e. The van der Waals surface area contributed by atoms with Crippen molar-refractivity contribution in [2.24, 2.45) is 0 Å². The Hall–Kier alpha value is -1.26. The quantitative estimate of drug-likeness (QED) is 0.938. The summed E-state index contributed by atoms with van der Waals surface area (Å²) in [5, 5.41) is 3.48. The van der Waals surface area contributed by atoms with Gasteiger partial charge in [0, 0.05) is 28.8 Å². The number of aryl methyl sites for hydroxylation is 1. The number of nitrogens with zero attached hydrogens (tertiary/aromatic N) is 2. The van der Waals surface area contributed by atoms with Gasteiger partial charge >= 0.3 is 0 Å². The second-order valence-electron chi connectivity index (χ2n) is 4.99. The Kier molecular flexibility index (Phi) is 3.62. The molecule has 0 atom stereocenters. The molecule has 0 unspecified atom stereocenters. The van der Waals surface area contributed by atoms with E-state index in [9.17, 15) is 0 Å². The molecule has 0 aliphatic heterocycles. The van der Waals surface area contributed by atoms with Crippen molar-refractivity contribution >= 4 is 15.9 Å². The topological polar surface area (TPSA) is 37.8 Å². The first-order valence-electron chi connectivity index (χ1n) is 6.54. The van der Waals surface area contributed by atoms with Crippen LogP contribution in [0.1, 0.15) is 24.1 Å². The van der Waals surface area contributed by atoms with E-state index in [4.69, 9.17) is 0 Å². The molecule has 1 aromatic carbocycles. The molecule has 1 heterocycles. The van der Waals surface area contributed by atoms with Gasteiger partial charge in [-0.25, -0.2) is 9.97 Å². The number of halogens is 1. The van der Waals surface area contributed by atoms with Crippen LogP contribution in [0.5, 0.6) is 0 Å². The summed E-state index contributed by atoms with van der Waals surface area (Å²) in [6.07, 6.45) is 4.43. The molecule has 2 aromatic rings. The van der Waals surface area contributed by atoms with Crippen molar-refractivity contribution in [1.82, 2.24) is 15.3 Å². The Morgan fingerprint density at radius 1 is 1.32 bits per heavy atom. The number of nitrogens with one attached hydrogen (secondary N) is 1. The fourth-order valence-electron chi connectivity index (χ4n) is 2.04. The zero-order chi connectivity index (χ0) is 13.2. The van der Waals surface area contributed by atoms with E-state index in [0.29, 0.717) is 6.04 Å². The van der Waals surface area contributed by atoms with E-state index >= 15 is 0 Å². The standard InChI is InChI=1S/C15H16BrN3/c1-10-8-11(16)2-5-14(10)15-17-7-6-13(19-15)9-18-12-3-4-12/h2,5-8,12,18H,3-4,9H2,1H3. The zero-order valence-electron chi connectivity index (χ0n) is 10.9. The molecule has 4 heteroatoms. The number of benzene rings is 1. The summed E-state index contributed by atoms with van der Waals surface area (Å²) in [5.41, 5.74) is 3.33. The lowest BCUT2D eigenvalue weighted by Gasteiger charge is -2.07. The lowest BCUT2D eigenvalue weighted by molar-refractivity contribution is 0.673. The second-order valence-corrected chi connectivity index (χ2v) is 5.90. The molecule has 98 valence electrons. The van der Waals surface area contributed by atoms with Crippen molar-refractivity contribution in [2.45, 2.75) is 32.4 Å². The molecule has 1 aromatic heterocycles. The largest absolute Gasteiger partial charge is 0.308 e. The highest BCUT2D eigenvalue weighted by Gasteiger charge is 2.20. The molecule has 1 aliphatic rings. The van der Waals surface area contributed by atoms with E-state index < -0.39 is 0 Å². The molecule has 0 amide bonds. The van der Waals surface area contributed by atoms with Crippen LogP contribution in [0.15, 0.2) is 34.9 Å². The van der Waals surface area contributed by atoms with E-state index in [2.05, 4.69) is 50.3 Å². The summed E-state index contributed by atoms with van der Waals surface area (Å²) in [6.45, 7) is 2.91. The number of rotatable bonds is 4. The Bertz CT molecular complexity index is 594. The van der Waals surface area contributed by atoms with Gasteiger partial charge in [0.25, 0.3) is 0 Å². The summed E-state index contributed by atoms with van der Waals surface area (Å²) in [4.78, 5) is 9.03. The fraction of sp³-hybridized carbons (Fsp3) is 0.333. The monoisotopic (exact) mass is 317 g/mol. The van der Waals surface area contributed by atoms with Crippen LogP contribution in [0.25, 0.3) is 11.4 Å². The summed E-state index contributed by atoms with van der Waals surface area (Å²) in [6, 6.07) is 8.86. The second kappa shape index (κ2) is 5.39. The van der Waals surface area contributed by atoms with Crippen LogP contribution >= 0.6 is 15.9 Å². The highest BCUT2D eigenvalue weighted by atomic mass is 79.9. The minimum atomic E-state index is 0.702. The van der Waals surface area contributed by atoms with Crippen molar-refractivity contribution in [2.75, 3.05) is 0 Å². The Morgan fingerprint density at radius 3 is 2.89 bits per heavy atom. The third-order valence-electron chi connectivity index (χ3n) is 3.29. The van der Waals surface area contributed by atoms with Gasteiger partial charge in [-0.3, -0.25) is 0 Å². The minimum Gasteiger partial charge on any atom is -0.308 e. The molecule has 0 bridgehead atoms. The zero-order valence-corrected chi connectivity index (χ0v) is 12.4. The highest BCUT2D eigenvalue weighted by molar-refractivity contribution is 9.10. The first-order valence-corrected chi connectivity index (χ1v) is 7.33. The molecule has 3 rings (SSSR count). The lowest BCUT2D eigenvalue weighted by Crippen LogP contribution is -2.16. The Morgan fingerprint density at radius 2 is 2.16 bits per heavy atom. The smallest absolute Gasteiger partial charge is 0.159 e. The third-order valence-corrected chi connectivity index (χ3v) is 3.79. The molecule has 3 nitrogen and oxygen atoms in total. The lowest BCUT2D eigenvalue weighted by atomic mass is 10.1. The van der Waals surface area contributed by atoms with E-state index in [0.717, 1.165) is 28.1 Å². The van der Waals surface area contributed by atoms with Crippen molar-refractivity contribution in [1.29, 1.82) is 0 Å². The summed E-state index contributed by atoms with van der Waals surface area (Å²) in [7, 11) is 0. The van der Waals surface area contributed by atoms with E-state index in [1.54, 1.807) is 0 Å². The van der Waals surface area contributed by atoms with Crippen molar-refractivity contribution < 1.29 is 0 Å². The molecular weight excluding hydrogens is 302 g/mol. The van der Waals surface area contributed by atoms with Crippen LogP contribution in [0.3, 0.4) is 0 Å². The van der Waals surface area contributed by atoms with Crippen LogP contribution in [0, 0.1) is 6.92 Å². The molecule has 1 aliphatic carbocycles. The van der Waals surface area contributed by atoms with E-state index in [-0.39, 0.29) is 0 Å². The highest BCUT2D eigenvalue weighted by Crippen LogP contribution is 2.23. The molecule has 0 saturated heterocycles. The molecule has 0 radical (unpaired) electrons. The SMILES string of the molecule is Cc1cc(Br)ccc1-c1nccc(CNC2CC2)n1.